The highest BCUT2D eigenvalue weighted by Crippen LogP contribution is 2.17. The first-order valence-corrected chi connectivity index (χ1v) is 4.15. The SMILES string of the molecule is N#Cc1cccc2[nH]c(=O)sc12. The second-order valence-corrected chi connectivity index (χ2v) is 3.29. The number of hydrogen-bond donors (Lipinski definition) is 1. The van der Waals surface area contributed by atoms with Gasteiger partial charge in [-0.1, -0.05) is 17.4 Å². The number of thiazole rings is 1. The van der Waals surface area contributed by atoms with Crippen LogP contribution >= 0.6 is 11.3 Å². The number of aromatic amines is 1. The molecule has 0 amide bonds. The second kappa shape index (κ2) is 2.47. The van der Waals surface area contributed by atoms with Crippen molar-refractivity contribution in [2.45, 2.75) is 0 Å². The summed E-state index contributed by atoms with van der Waals surface area (Å²) >= 11 is 1.07. The minimum absolute atomic E-state index is 0.118. The minimum Gasteiger partial charge on any atom is -0.312 e. The first kappa shape index (κ1) is 7.07. The summed E-state index contributed by atoms with van der Waals surface area (Å²) in [7, 11) is 0. The zero-order valence-corrected chi connectivity index (χ0v) is 6.81. The van der Waals surface area contributed by atoms with Crippen LogP contribution in [0.5, 0.6) is 0 Å². The van der Waals surface area contributed by atoms with E-state index < -0.39 is 0 Å². The highest BCUT2D eigenvalue weighted by atomic mass is 32.1. The van der Waals surface area contributed by atoms with Gasteiger partial charge in [0.25, 0.3) is 0 Å². The molecule has 1 aromatic heterocycles. The minimum atomic E-state index is -0.118. The maximum atomic E-state index is 10.9. The molecule has 0 bridgehead atoms. The molecule has 0 unspecified atom stereocenters. The Morgan fingerprint density at radius 2 is 2.33 bits per heavy atom. The Hall–Kier alpha value is -1.60. The van der Waals surface area contributed by atoms with Crippen LogP contribution in [0.3, 0.4) is 0 Å². The van der Waals surface area contributed by atoms with Crippen LogP contribution in [0.2, 0.25) is 0 Å². The van der Waals surface area contributed by atoms with Crippen molar-refractivity contribution in [1.82, 2.24) is 4.98 Å². The number of benzene rings is 1. The highest BCUT2D eigenvalue weighted by Gasteiger charge is 2.02. The molecule has 4 heteroatoms. The van der Waals surface area contributed by atoms with Crippen LogP contribution < -0.4 is 4.87 Å². The van der Waals surface area contributed by atoms with E-state index in [1.807, 2.05) is 6.07 Å². The van der Waals surface area contributed by atoms with Gasteiger partial charge in [0.2, 0.25) is 0 Å². The lowest BCUT2D eigenvalue weighted by atomic mass is 10.2. The fourth-order valence-electron chi connectivity index (χ4n) is 1.06. The third-order valence-corrected chi connectivity index (χ3v) is 2.50. The van der Waals surface area contributed by atoms with Crippen molar-refractivity contribution in [2.24, 2.45) is 0 Å². The van der Waals surface area contributed by atoms with E-state index in [1.165, 1.54) is 0 Å². The largest absolute Gasteiger partial charge is 0.312 e. The zero-order valence-electron chi connectivity index (χ0n) is 6.00. The maximum absolute atomic E-state index is 10.9. The molecule has 0 fully saturated rings. The predicted molar refractivity (Wildman–Crippen MR) is 47.2 cm³/mol. The molecule has 2 aromatic rings. The van der Waals surface area contributed by atoms with Crippen molar-refractivity contribution in [3.8, 4) is 6.07 Å². The van der Waals surface area contributed by atoms with Crippen molar-refractivity contribution in [1.29, 1.82) is 5.26 Å². The summed E-state index contributed by atoms with van der Waals surface area (Å²) in [6.45, 7) is 0. The number of hydrogen-bond acceptors (Lipinski definition) is 3. The van der Waals surface area contributed by atoms with Gasteiger partial charge in [-0.2, -0.15) is 5.26 Å². The van der Waals surface area contributed by atoms with E-state index >= 15 is 0 Å². The molecule has 0 aliphatic rings. The fraction of sp³-hybridized carbons (Fsp3) is 0. The van der Waals surface area contributed by atoms with Crippen molar-refractivity contribution < 1.29 is 0 Å². The Balaban J connectivity index is 2.99. The Labute approximate surface area is 71.9 Å². The quantitative estimate of drug-likeness (QED) is 0.660. The maximum Gasteiger partial charge on any atom is 0.305 e. The van der Waals surface area contributed by atoms with Crippen molar-refractivity contribution in [3.05, 3.63) is 33.4 Å². The normalized spacial score (nSPS) is 9.92. The van der Waals surface area contributed by atoms with E-state index in [4.69, 9.17) is 5.26 Å². The molecule has 58 valence electrons. The van der Waals surface area contributed by atoms with Gasteiger partial charge < -0.3 is 4.98 Å². The summed E-state index contributed by atoms with van der Waals surface area (Å²) in [5.74, 6) is 0. The first-order chi connectivity index (χ1) is 5.81. The van der Waals surface area contributed by atoms with Gasteiger partial charge >= 0.3 is 4.87 Å². The fourth-order valence-corrected chi connectivity index (χ4v) is 1.86. The molecule has 1 heterocycles. The lowest BCUT2D eigenvalue weighted by molar-refractivity contribution is 1.40. The molecule has 0 aliphatic carbocycles. The van der Waals surface area contributed by atoms with Crippen LogP contribution in [-0.2, 0) is 0 Å². The van der Waals surface area contributed by atoms with E-state index in [-0.39, 0.29) is 4.87 Å². The van der Waals surface area contributed by atoms with Gasteiger partial charge in [-0.15, -0.1) is 0 Å². The van der Waals surface area contributed by atoms with E-state index in [9.17, 15) is 4.79 Å². The summed E-state index contributed by atoms with van der Waals surface area (Å²) in [4.78, 5) is 13.4. The van der Waals surface area contributed by atoms with Crippen molar-refractivity contribution in [3.63, 3.8) is 0 Å². The topological polar surface area (TPSA) is 56.6 Å². The molecule has 0 saturated heterocycles. The van der Waals surface area contributed by atoms with Gasteiger partial charge in [0.1, 0.15) is 6.07 Å². The summed E-state index contributed by atoms with van der Waals surface area (Å²) in [6.07, 6.45) is 0. The lowest BCUT2D eigenvalue weighted by Gasteiger charge is -1.88. The Morgan fingerprint density at radius 3 is 3.08 bits per heavy atom. The van der Waals surface area contributed by atoms with Gasteiger partial charge in [-0.05, 0) is 12.1 Å². The lowest BCUT2D eigenvalue weighted by Crippen LogP contribution is -1.89. The monoisotopic (exact) mass is 176 g/mol. The Bertz CT molecular complexity index is 518. The van der Waals surface area contributed by atoms with Gasteiger partial charge in [0.15, 0.2) is 0 Å². The molecule has 0 aliphatic heterocycles. The smallest absolute Gasteiger partial charge is 0.305 e. The number of fused-ring (bicyclic) bond motifs is 1. The van der Waals surface area contributed by atoms with Crippen LogP contribution in [0, 0.1) is 11.3 Å². The number of rotatable bonds is 0. The Morgan fingerprint density at radius 1 is 1.50 bits per heavy atom. The van der Waals surface area contributed by atoms with Crippen molar-refractivity contribution in [2.75, 3.05) is 0 Å². The zero-order chi connectivity index (χ0) is 8.55. The highest BCUT2D eigenvalue weighted by molar-refractivity contribution is 7.16. The number of nitriles is 1. The average Bonchev–Trinajstić information content (AvgIpc) is 2.44. The third kappa shape index (κ3) is 0.917. The predicted octanol–water partition coefficient (Wildman–Crippen LogP) is 1.46. The summed E-state index contributed by atoms with van der Waals surface area (Å²) in [5, 5.41) is 8.69. The molecule has 12 heavy (non-hydrogen) atoms. The molecule has 0 spiro atoms. The van der Waals surface area contributed by atoms with Gasteiger partial charge in [0.05, 0.1) is 15.8 Å². The van der Waals surface area contributed by atoms with Crippen molar-refractivity contribution >= 4 is 21.6 Å². The Kier molecular flexibility index (Phi) is 1.45. The number of nitrogens with one attached hydrogen (secondary N) is 1. The van der Waals surface area contributed by atoms with Gasteiger partial charge in [-0.3, -0.25) is 4.79 Å². The van der Waals surface area contributed by atoms with Crippen LogP contribution in [-0.4, -0.2) is 4.98 Å². The van der Waals surface area contributed by atoms with Crippen LogP contribution in [0.25, 0.3) is 10.2 Å². The molecule has 0 radical (unpaired) electrons. The number of aromatic nitrogens is 1. The van der Waals surface area contributed by atoms with E-state index in [0.717, 1.165) is 21.6 Å². The standard InChI is InChI=1S/C8H4N2OS/c9-4-5-2-1-3-6-7(5)12-8(11)10-6/h1-3H,(H,10,11). The van der Waals surface area contributed by atoms with E-state index in [2.05, 4.69) is 4.98 Å². The number of nitrogens with zero attached hydrogens (tertiary/aromatic N) is 1. The van der Waals surface area contributed by atoms with Crippen LogP contribution in [0.1, 0.15) is 5.56 Å². The average molecular weight is 176 g/mol. The van der Waals surface area contributed by atoms with Crippen LogP contribution in [0.4, 0.5) is 0 Å². The molecule has 2 rings (SSSR count). The summed E-state index contributed by atoms with van der Waals surface area (Å²) < 4.78 is 0.741. The second-order valence-electron chi connectivity index (χ2n) is 2.31. The summed E-state index contributed by atoms with van der Waals surface area (Å²) in [6, 6.07) is 7.27. The van der Waals surface area contributed by atoms with Gasteiger partial charge in [-0.25, -0.2) is 0 Å². The molecule has 0 atom stereocenters. The third-order valence-electron chi connectivity index (χ3n) is 1.57. The first-order valence-electron chi connectivity index (χ1n) is 3.33. The van der Waals surface area contributed by atoms with E-state index in [0.29, 0.717) is 5.56 Å². The molecule has 0 saturated carbocycles. The van der Waals surface area contributed by atoms with Gasteiger partial charge in [0, 0.05) is 0 Å². The molecule has 1 N–H and O–H groups in total. The van der Waals surface area contributed by atoms with Crippen LogP contribution in [0.15, 0.2) is 23.0 Å². The number of H-pyrrole nitrogens is 1. The molecular weight excluding hydrogens is 172 g/mol. The van der Waals surface area contributed by atoms with E-state index in [1.54, 1.807) is 18.2 Å². The molecule has 3 nitrogen and oxygen atoms in total. The summed E-state index contributed by atoms with van der Waals surface area (Å²) in [5.41, 5.74) is 1.29. The molecular formula is C8H4N2OS. The molecule has 1 aromatic carbocycles.